The SMILES string of the molecule is COc1cc(OC)c(C2C(C#N)=C(N)N(c3nnc(SC(C)C)s3)C3=C2C(=O)CC(C)(C)C3)cc1OC. The van der Waals surface area contributed by atoms with Crippen LogP contribution in [-0.2, 0) is 4.79 Å². The molecule has 2 heterocycles. The van der Waals surface area contributed by atoms with E-state index in [1.54, 1.807) is 28.8 Å². The second-order valence-corrected chi connectivity index (χ2v) is 12.7. The van der Waals surface area contributed by atoms with Crippen LogP contribution in [0.3, 0.4) is 0 Å². The van der Waals surface area contributed by atoms with Crippen molar-refractivity contribution in [3.8, 4) is 23.3 Å². The number of benzene rings is 1. The number of methoxy groups -OCH3 is 3. The Balaban J connectivity index is 1.99. The number of ether oxygens (including phenoxy) is 3. The van der Waals surface area contributed by atoms with Crippen molar-refractivity contribution in [1.29, 1.82) is 5.26 Å². The molecule has 0 bridgehead atoms. The summed E-state index contributed by atoms with van der Waals surface area (Å²) in [7, 11) is 4.61. The van der Waals surface area contributed by atoms with E-state index in [1.165, 1.54) is 32.7 Å². The lowest BCUT2D eigenvalue weighted by Gasteiger charge is -2.42. The fourth-order valence-electron chi connectivity index (χ4n) is 4.86. The Hall–Kier alpha value is -3.23. The van der Waals surface area contributed by atoms with Crippen LogP contribution in [0.1, 0.15) is 52.0 Å². The molecule has 1 aromatic carbocycles. The number of thioether (sulfide) groups is 1. The van der Waals surface area contributed by atoms with Gasteiger partial charge in [-0.1, -0.05) is 50.8 Å². The lowest BCUT2D eigenvalue weighted by atomic mass is 9.68. The molecule has 2 aromatic rings. The van der Waals surface area contributed by atoms with Gasteiger partial charge in [-0.15, -0.1) is 10.2 Å². The Kier molecular flexibility index (Phi) is 7.44. The van der Waals surface area contributed by atoms with Gasteiger partial charge in [0.1, 0.15) is 11.6 Å². The standard InChI is InChI=1S/C26H31N5O4S2/c1-13(2)36-25-30-29-24(37-25)31-16-10-26(3,4)11-17(32)22(16)21(15(12-27)23(31)28)14-8-19(34-6)20(35-7)9-18(14)33-5/h8-9,13,21H,10-11,28H2,1-7H3. The van der Waals surface area contributed by atoms with Crippen LogP contribution in [0.15, 0.2) is 39.1 Å². The minimum absolute atomic E-state index is 0.0420. The first-order valence-electron chi connectivity index (χ1n) is 11.8. The van der Waals surface area contributed by atoms with E-state index >= 15 is 0 Å². The second kappa shape index (κ2) is 10.3. The number of nitriles is 1. The van der Waals surface area contributed by atoms with Crippen LogP contribution in [-0.4, -0.2) is 42.6 Å². The molecule has 0 fully saturated rings. The molecular weight excluding hydrogens is 510 g/mol. The van der Waals surface area contributed by atoms with Crippen LogP contribution in [0.5, 0.6) is 17.2 Å². The molecule has 2 N–H and O–H groups in total. The van der Waals surface area contributed by atoms with Gasteiger partial charge in [0.05, 0.1) is 38.9 Å². The van der Waals surface area contributed by atoms with Gasteiger partial charge in [0, 0.05) is 34.6 Å². The average molecular weight is 542 g/mol. The Bertz CT molecular complexity index is 1340. The molecule has 0 amide bonds. The van der Waals surface area contributed by atoms with Crippen molar-refractivity contribution in [2.24, 2.45) is 11.1 Å². The highest BCUT2D eigenvalue weighted by molar-refractivity contribution is 8.01. The Morgan fingerprint density at radius 1 is 1.14 bits per heavy atom. The maximum absolute atomic E-state index is 13.8. The van der Waals surface area contributed by atoms with Crippen molar-refractivity contribution in [3.05, 3.63) is 40.4 Å². The quantitative estimate of drug-likeness (QED) is 0.479. The van der Waals surface area contributed by atoms with Crippen LogP contribution in [0.25, 0.3) is 0 Å². The van der Waals surface area contributed by atoms with Crippen molar-refractivity contribution >= 4 is 34.0 Å². The average Bonchev–Trinajstić information content (AvgIpc) is 3.28. The van der Waals surface area contributed by atoms with Gasteiger partial charge in [-0.2, -0.15) is 5.26 Å². The summed E-state index contributed by atoms with van der Waals surface area (Å²) in [5.41, 5.74) is 8.53. The maximum atomic E-state index is 13.8. The normalized spacial score (nSPS) is 19.2. The van der Waals surface area contributed by atoms with Crippen molar-refractivity contribution in [2.45, 2.75) is 56.0 Å². The number of rotatable bonds is 7. The molecule has 0 saturated heterocycles. The molecule has 1 unspecified atom stereocenters. The van der Waals surface area contributed by atoms with E-state index in [9.17, 15) is 10.1 Å². The number of ketones is 1. The zero-order valence-corrected chi connectivity index (χ0v) is 23.7. The number of hydrogen-bond donors (Lipinski definition) is 1. The smallest absolute Gasteiger partial charge is 0.219 e. The minimum atomic E-state index is -0.730. The van der Waals surface area contributed by atoms with Gasteiger partial charge < -0.3 is 19.9 Å². The fourth-order valence-corrected chi connectivity index (χ4v) is 6.96. The van der Waals surface area contributed by atoms with E-state index < -0.39 is 5.92 Å². The molecule has 196 valence electrons. The van der Waals surface area contributed by atoms with Crippen molar-refractivity contribution in [2.75, 3.05) is 26.2 Å². The third-order valence-corrected chi connectivity index (χ3v) is 8.35. The van der Waals surface area contributed by atoms with Gasteiger partial charge >= 0.3 is 0 Å². The highest BCUT2D eigenvalue weighted by atomic mass is 32.2. The molecule has 37 heavy (non-hydrogen) atoms. The number of nitrogens with two attached hydrogens (primary N) is 1. The van der Waals surface area contributed by atoms with Gasteiger partial charge in [0.2, 0.25) is 5.13 Å². The number of allylic oxidation sites excluding steroid dienone is 3. The van der Waals surface area contributed by atoms with Crippen LogP contribution >= 0.6 is 23.1 Å². The number of Topliss-reactive ketones (excluding diaryl/α,β-unsaturated/α-hetero) is 1. The molecule has 4 rings (SSSR count). The first-order chi connectivity index (χ1) is 17.5. The molecule has 1 aliphatic carbocycles. The molecule has 2 aliphatic rings. The van der Waals surface area contributed by atoms with E-state index in [1.807, 2.05) is 0 Å². The summed E-state index contributed by atoms with van der Waals surface area (Å²) in [6.45, 7) is 8.27. The number of anilines is 1. The number of carbonyl (C=O) groups is 1. The highest BCUT2D eigenvalue weighted by Crippen LogP contribution is 2.53. The molecule has 0 saturated carbocycles. The lowest BCUT2D eigenvalue weighted by Crippen LogP contribution is -2.42. The van der Waals surface area contributed by atoms with Crippen LogP contribution in [0, 0.1) is 16.7 Å². The maximum Gasteiger partial charge on any atom is 0.219 e. The number of carbonyl (C=O) groups excluding carboxylic acids is 1. The summed E-state index contributed by atoms with van der Waals surface area (Å²) < 4.78 is 17.5. The molecule has 0 spiro atoms. The summed E-state index contributed by atoms with van der Waals surface area (Å²) in [5, 5.41) is 20.0. The first kappa shape index (κ1) is 26.8. The summed E-state index contributed by atoms with van der Waals surface area (Å²) >= 11 is 2.99. The van der Waals surface area contributed by atoms with E-state index in [4.69, 9.17) is 19.9 Å². The minimum Gasteiger partial charge on any atom is -0.496 e. The largest absolute Gasteiger partial charge is 0.496 e. The zero-order chi connectivity index (χ0) is 27.1. The summed E-state index contributed by atoms with van der Waals surface area (Å²) in [4.78, 5) is 15.6. The molecule has 1 aliphatic heterocycles. The molecule has 1 aromatic heterocycles. The van der Waals surface area contributed by atoms with Gasteiger partial charge in [-0.3, -0.25) is 9.69 Å². The lowest BCUT2D eigenvalue weighted by molar-refractivity contribution is -0.118. The van der Waals surface area contributed by atoms with Gasteiger partial charge in [-0.25, -0.2) is 0 Å². The monoisotopic (exact) mass is 541 g/mol. The Morgan fingerprint density at radius 2 is 1.78 bits per heavy atom. The summed E-state index contributed by atoms with van der Waals surface area (Å²) in [5.74, 6) is 0.859. The van der Waals surface area contributed by atoms with E-state index in [2.05, 4.69) is 44.0 Å². The summed E-state index contributed by atoms with van der Waals surface area (Å²) in [6, 6.07) is 5.73. The summed E-state index contributed by atoms with van der Waals surface area (Å²) in [6.07, 6.45) is 0.917. The second-order valence-electron chi connectivity index (χ2n) is 9.95. The number of hydrogen-bond acceptors (Lipinski definition) is 11. The third kappa shape index (κ3) is 4.88. The predicted molar refractivity (Wildman–Crippen MR) is 144 cm³/mol. The zero-order valence-electron chi connectivity index (χ0n) is 22.0. The van der Waals surface area contributed by atoms with E-state index in [0.29, 0.717) is 51.6 Å². The molecule has 11 heteroatoms. The van der Waals surface area contributed by atoms with Crippen molar-refractivity contribution in [3.63, 3.8) is 0 Å². The predicted octanol–water partition coefficient (Wildman–Crippen LogP) is 5.01. The van der Waals surface area contributed by atoms with Gasteiger partial charge in [0.15, 0.2) is 21.6 Å². The van der Waals surface area contributed by atoms with Crippen LogP contribution in [0.2, 0.25) is 0 Å². The molecule has 1 atom stereocenters. The van der Waals surface area contributed by atoms with Gasteiger partial charge in [0.25, 0.3) is 0 Å². The third-order valence-electron chi connectivity index (χ3n) is 6.35. The molecule has 9 nitrogen and oxygen atoms in total. The Morgan fingerprint density at radius 3 is 2.38 bits per heavy atom. The molecular formula is C26H31N5O4S2. The van der Waals surface area contributed by atoms with Crippen LogP contribution < -0.4 is 24.8 Å². The van der Waals surface area contributed by atoms with Crippen LogP contribution in [0.4, 0.5) is 5.13 Å². The highest BCUT2D eigenvalue weighted by Gasteiger charge is 2.46. The van der Waals surface area contributed by atoms with E-state index in [0.717, 1.165) is 10.0 Å². The van der Waals surface area contributed by atoms with Crippen molar-refractivity contribution < 1.29 is 19.0 Å². The fraction of sp³-hybridized carbons (Fsp3) is 0.462. The molecule has 0 radical (unpaired) electrons. The number of nitrogens with zero attached hydrogens (tertiary/aromatic N) is 4. The van der Waals surface area contributed by atoms with Gasteiger partial charge in [-0.05, 0) is 17.9 Å². The topological polar surface area (TPSA) is 124 Å². The van der Waals surface area contributed by atoms with Crippen molar-refractivity contribution in [1.82, 2.24) is 10.2 Å². The number of aromatic nitrogens is 2. The first-order valence-corrected chi connectivity index (χ1v) is 13.5. The Labute approximate surface area is 225 Å². The van der Waals surface area contributed by atoms with E-state index in [-0.39, 0.29) is 22.6 Å².